The van der Waals surface area contributed by atoms with Crippen LogP contribution in [-0.2, 0) is 22.4 Å². The van der Waals surface area contributed by atoms with Gasteiger partial charge in [0.1, 0.15) is 5.82 Å². The molecular weight excluding hydrogens is 454 g/mol. The van der Waals surface area contributed by atoms with Gasteiger partial charge in [0.2, 0.25) is 0 Å². The maximum Gasteiger partial charge on any atom is 0.414 e. The zero-order valence-corrected chi connectivity index (χ0v) is 21.3. The molecule has 3 aromatic rings. The summed E-state index contributed by atoms with van der Waals surface area (Å²) in [6.07, 6.45) is 5.28. The van der Waals surface area contributed by atoms with Gasteiger partial charge in [0.25, 0.3) is 0 Å². The molecule has 1 fully saturated rings. The summed E-state index contributed by atoms with van der Waals surface area (Å²) in [5.41, 5.74) is 5.30. The molecule has 0 bridgehead atoms. The fourth-order valence-corrected chi connectivity index (χ4v) is 6.16. The van der Waals surface area contributed by atoms with E-state index in [2.05, 4.69) is 48.7 Å². The summed E-state index contributed by atoms with van der Waals surface area (Å²) in [4.78, 5) is 31.2. The lowest BCUT2D eigenvalue weighted by Crippen LogP contribution is -2.42. The van der Waals surface area contributed by atoms with Gasteiger partial charge in [0.05, 0.1) is 29.7 Å². The van der Waals surface area contributed by atoms with Crippen LogP contribution < -0.4 is 4.90 Å². The molecule has 1 amide bonds. The molecule has 2 unspecified atom stereocenters. The van der Waals surface area contributed by atoms with E-state index >= 15 is 0 Å². The van der Waals surface area contributed by atoms with Crippen molar-refractivity contribution in [1.29, 1.82) is 0 Å². The number of fused-ring (bicyclic) bond motifs is 3. The molecule has 1 aromatic heterocycles. The van der Waals surface area contributed by atoms with Crippen molar-refractivity contribution in [3.8, 4) is 0 Å². The molecule has 0 radical (unpaired) electrons. The van der Waals surface area contributed by atoms with Crippen LogP contribution in [0.4, 0.5) is 10.5 Å². The number of anilines is 1. The smallest absolute Gasteiger partial charge is 0.414 e. The van der Waals surface area contributed by atoms with Gasteiger partial charge in [-0.1, -0.05) is 37.3 Å². The van der Waals surface area contributed by atoms with E-state index in [1.165, 1.54) is 12.7 Å². The molecule has 1 N–H and O–H groups in total. The van der Waals surface area contributed by atoms with Crippen molar-refractivity contribution < 1.29 is 19.4 Å². The molecule has 5 rings (SSSR count). The number of methoxy groups -OCH3 is 1. The van der Waals surface area contributed by atoms with E-state index < -0.39 is 5.97 Å². The van der Waals surface area contributed by atoms with Crippen LogP contribution in [0.15, 0.2) is 42.5 Å². The van der Waals surface area contributed by atoms with Gasteiger partial charge < -0.3 is 14.4 Å². The van der Waals surface area contributed by atoms with E-state index in [-0.39, 0.29) is 30.0 Å². The average Bonchev–Trinajstić information content (AvgIpc) is 3.29. The molecule has 36 heavy (non-hydrogen) atoms. The quantitative estimate of drug-likeness (QED) is 0.468. The first-order valence-electron chi connectivity index (χ1n) is 13.1. The molecule has 0 spiro atoms. The van der Waals surface area contributed by atoms with Crippen molar-refractivity contribution in [2.45, 2.75) is 76.8 Å². The average molecular weight is 490 g/mol. The Morgan fingerprint density at radius 2 is 1.81 bits per heavy atom. The van der Waals surface area contributed by atoms with Gasteiger partial charge in [-0.15, -0.1) is 0 Å². The molecule has 2 heterocycles. The zero-order valence-electron chi connectivity index (χ0n) is 21.3. The van der Waals surface area contributed by atoms with Crippen LogP contribution in [0, 0.1) is 5.92 Å². The number of hydrogen-bond donors (Lipinski definition) is 1. The standard InChI is InChI=1S/C29H35N3O4/c1-18(17-20-7-5-4-6-8-20)27-30-26-23-14-9-19(2)31(29(35)36-3)24(23)15-16-25(26)32(27)22-12-10-21(11-13-22)28(33)34/h4-8,15-16,18-19,21-22H,9-14,17H2,1-3H3,(H,33,34). The molecule has 7 nitrogen and oxygen atoms in total. The second-order valence-electron chi connectivity index (χ2n) is 10.4. The normalized spacial score (nSPS) is 22.8. The Bertz CT molecular complexity index is 1260. The van der Waals surface area contributed by atoms with Crippen LogP contribution >= 0.6 is 0 Å². The van der Waals surface area contributed by atoms with E-state index in [0.29, 0.717) is 12.8 Å². The van der Waals surface area contributed by atoms with Gasteiger partial charge in [0.15, 0.2) is 0 Å². The van der Waals surface area contributed by atoms with Crippen LogP contribution in [0.3, 0.4) is 0 Å². The van der Waals surface area contributed by atoms with Crippen LogP contribution in [0.5, 0.6) is 0 Å². The van der Waals surface area contributed by atoms with Crippen LogP contribution in [0.1, 0.15) is 74.9 Å². The van der Waals surface area contributed by atoms with Crippen LogP contribution in [0.2, 0.25) is 0 Å². The summed E-state index contributed by atoms with van der Waals surface area (Å²) in [5.74, 6) is 0.285. The molecular formula is C29H35N3O4. The number of hydrogen-bond acceptors (Lipinski definition) is 4. The van der Waals surface area contributed by atoms with Crippen LogP contribution in [-0.4, -0.2) is 39.9 Å². The molecule has 1 aliphatic heterocycles. The fourth-order valence-electron chi connectivity index (χ4n) is 6.16. The Morgan fingerprint density at radius 1 is 1.08 bits per heavy atom. The highest BCUT2D eigenvalue weighted by Gasteiger charge is 2.34. The molecule has 0 saturated heterocycles. The number of nitrogens with zero attached hydrogens (tertiary/aromatic N) is 3. The van der Waals surface area contributed by atoms with Gasteiger partial charge in [-0.25, -0.2) is 9.78 Å². The van der Waals surface area contributed by atoms with Crippen LogP contribution in [0.25, 0.3) is 11.0 Å². The predicted octanol–water partition coefficient (Wildman–Crippen LogP) is 6.11. The van der Waals surface area contributed by atoms with E-state index in [1.54, 1.807) is 4.90 Å². The van der Waals surface area contributed by atoms with Gasteiger partial charge in [-0.2, -0.15) is 0 Å². The van der Waals surface area contributed by atoms with Crippen molar-refractivity contribution in [3.63, 3.8) is 0 Å². The highest BCUT2D eigenvalue weighted by Crippen LogP contribution is 2.41. The number of carbonyl (C=O) groups is 2. The first kappa shape index (κ1) is 24.3. The number of amides is 1. The molecule has 1 aliphatic carbocycles. The molecule has 1 saturated carbocycles. The Balaban J connectivity index is 1.60. The molecule has 2 aromatic carbocycles. The Hall–Kier alpha value is -3.35. The van der Waals surface area contributed by atoms with E-state index in [1.807, 2.05) is 12.1 Å². The molecule has 190 valence electrons. The van der Waals surface area contributed by atoms with E-state index in [9.17, 15) is 14.7 Å². The van der Waals surface area contributed by atoms with Gasteiger partial charge in [-0.05, 0) is 69.6 Å². The van der Waals surface area contributed by atoms with Crippen molar-refractivity contribution >= 4 is 28.8 Å². The third-order valence-corrected chi connectivity index (χ3v) is 8.09. The van der Waals surface area contributed by atoms with E-state index in [4.69, 9.17) is 9.72 Å². The molecule has 7 heteroatoms. The topological polar surface area (TPSA) is 84.7 Å². The predicted molar refractivity (Wildman–Crippen MR) is 140 cm³/mol. The summed E-state index contributed by atoms with van der Waals surface area (Å²) in [6, 6.07) is 14.9. The summed E-state index contributed by atoms with van der Waals surface area (Å²) in [7, 11) is 1.42. The highest BCUT2D eigenvalue weighted by molar-refractivity contribution is 5.95. The lowest BCUT2D eigenvalue weighted by Gasteiger charge is -2.34. The Kier molecular flexibility index (Phi) is 6.73. The van der Waals surface area contributed by atoms with Crippen molar-refractivity contribution in [1.82, 2.24) is 9.55 Å². The van der Waals surface area contributed by atoms with Crippen molar-refractivity contribution in [3.05, 3.63) is 59.4 Å². The lowest BCUT2D eigenvalue weighted by atomic mass is 9.85. The maximum absolute atomic E-state index is 12.6. The summed E-state index contributed by atoms with van der Waals surface area (Å²) >= 11 is 0. The number of benzene rings is 2. The first-order chi connectivity index (χ1) is 17.4. The minimum absolute atomic E-state index is 0.0623. The SMILES string of the molecule is COC(=O)N1c2ccc3c(nc(C(C)Cc4ccccc4)n3C3CCC(C(=O)O)CC3)c2CCC1C. The lowest BCUT2D eigenvalue weighted by molar-refractivity contribution is -0.143. The summed E-state index contributed by atoms with van der Waals surface area (Å²) in [6.45, 7) is 4.28. The number of aryl methyl sites for hydroxylation is 1. The molecule has 2 aliphatic rings. The van der Waals surface area contributed by atoms with Crippen molar-refractivity contribution in [2.75, 3.05) is 12.0 Å². The second-order valence-corrected chi connectivity index (χ2v) is 10.4. The summed E-state index contributed by atoms with van der Waals surface area (Å²) < 4.78 is 7.49. The van der Waals surface area contributed by atoms with Crippen molar-refractivity contribution in [2.24, 2.45) is 5.92 Å². The van der Waals surface area contributed by atoms with E-state index in [0.717, 1.165) is 60.2 Å². The Labute approximate surface area is 212 Å². The monoisotopic (exact) mass is 489 g/mol. The number of carbonyl (C=O) groups excluding carboxylic acids is 1. The first-order valence-corrected chi connectivity index (χ1v) is 13.1. The minimum atomic E-state index is -0.687. The third-order valence-electron chi connectivity index (χ3n) is 8.09. The largest absolute Gasteiger partial charge is 0.481 e. The van der Waals surface area contributed by atoms with Gasteiger partial charge in [-0.3, -0.25) is 9.69 Å². The number of imidazole rings is 1. The number of aromatic nitrogens is 2. The summed E-state index contributed by atoms with van der Waals surface area (Å²) in [5, 5.41) is 9.52. The fraction of sp³-hybridized carbons (Fsp3) is 0.483. The third kappa shape index (κ3) is 4.36. The number of aliphatic carboxylic acids is 1. The Morgan fingerprint density at radius 3 is 2.47 bits per heavy atom. The number of ether oxygens (including phenoxy) is 1. The van der Waals surface area contributed by atoms with Gasteiger partial charge in [0, 0.05) is 23.6 Å². The minimum Gasteiger partial charge on any atom is -0.481 e. The zero-order chi connectivity index (χ0) is 25.4. The number of carboxylic acid groups (broad SMARTS) is 1. The second kappa shape index (κ2) is 9.96. The highest BCUT2D eigenvalue weighted by atomic mass is 16.5. The number of rotatable bonds is 5. The number of carboxylic acids is 1. The molecule has 2 atom stereocenters. The van der Waals surface area contributed by atoms with Gasteiger partial charge >= 0.3 is 12.1 Å². The maximum atomic E-state index is 12.6.